The summed E-state index contributed by atoms with van der Waals surface area (Å²) in [5, 5.41) is 0.666. The van der Waals surface area contributed by atoms with Crippen molar-refractivity contribution >= 4 is 35.6 Å². The molecule has 0 aromatic heterocycles. The molecular weight excluding hydrogens is 412 g/mol. The van der Waals surface area contributed by atoms with Gasteiger partial charge < -0.3 is 13.7 Å². The summed E-state index contributed by atoms with van der Waals surface area (Å²) < 4.78 is 16.1. The summed E-state index contributed by atoms with van der Waals surface area (Å²) in [5.74, 6) is -0.605. The quantitative estimate of drug-likeness (QED) is 0.273. The van der Waals surface area contributed by atoms with Crippen LogP contribution in [0.4, 0.5) is 0 Å². The number of benzene rings is 3. The first-order chi connectivity index (χ1) is 14.0. The predicted molar refractivity (Wildman–Crippen MR) is 111 cm³/mol. The lowest BCUT2D eigenvalue weighted by Crippen LogP contribution is -2.12. The van der Waals surface area contributed by atoms with Gasteiger partial charge in [0.05, 0.1) is 6.61 Å². The molecule has 0 saturated carbocycles. The number of hydrogen-bond donors (Lipinski definition) is 0. The van der Waals surface area contributed by atoms with Crippen LogP contribution in [-0.4, -0.2) is 11.9 Å². The maximum atomic E-state index is 12.5. The van der Waals surface area contributed by atoms with Gasteiger partial charge in [0.2, 0.25) is 0 Å². The van der Waals surface area contributed by atoms with E-state index in [1.807, 2.05) is 18.2 Å². The van der Waals surface area contributed by atoms with E-state index in [0.29, 0.717) is 17.4 Å². The Kier molecular flexibility index (Phi) is 7.30. The van der Waals surface area contributed by atoms with Gasteiger partial charge in [-0.3, -0.25) is 4.79 Å². The van der Waals surface area contributed by atoms with E-state index >= 15 is 0 Å². The van der Waals surface area contributed by atoms with Crippen LogP contribution < -0.4 is 9.47 Å². The molecule has 0 amide bonds. The summed E-state index contributed by atoms with van der Waals surface area (Å²) in [6.07, 6.45) is 0. The summed E-state index contributed by atoms with van der Waals surface area (Å²) >= 11 is 7.10. The van der Waals surface area contributed by atoms with Crippen LogP contribution in [-0.2, 0) is 15.6 Å². The molecule has 7 heteroatoms. The maximum Gasteiger partial charge on any atom is 0.347 e. The minimum atomic E-state index is -0.615. The third-order valence-electron chi connectivity index (χ3n) is 3.66. The van der Waals surface area contributed by atoms with Crippen molar-refractivity contribution in [2.45, 2.75) is 18.4 Å². The Morgan fingerprint density at radius 3 is 2.45 bits per heavy atom. The Labute approximate surface area is 177 Å². The SMILES string of the molecule is CC(=O)Oc1ccccc1C(=O)Oc1cccc(COSc2ccc(Cl)cc2)c1. The average molecular weight is 429 g/mol. The lowest BCUT2D eigenvalue weighted by Gasteiger charge is -2.10. The third kappa shape index (κ3) is 6.35. The average Bonchev–Trinajstić information content (AvgIpc) is 2.70. The molecule has 0 aliphatic heterocycles. The van der Waals surface area contributed by atoms with E-state index in [1.54, 1.807) is 42.5 Å². The number of carbonyl (C=O) groups is 2. The molecule has 0 aliphatic rings. The van der Waals surface area contributed by atoms with E-state index in [9.17, 15) is 9.59 Å². The summed E-state index contributed by atoms with van der Waals surface area (Å²) in [7, 11) is 0. The van der Waals surface area contributed by atoms with Crippen LogP contribution in [0.2, 0.25) is 5.02 Å². The molecule has 0 atom stereocenters. The van der Waals surface area contributed by atoms with E-state index in [0.717, 1.165) is 10.5 Å². The monoisotopic (exact) mass is 428 g/mol. The number of esters is 2. The van der Waals surface area contributed by atoms with Crippen LogP contribution in [0, 0.1) is 0 Å². The highest BCUT2D eigenvalue weighted by Crippen LogP contribution is 2.25. The van der Waals surface area contributed by atoms with Gasteiger partial charge in [-0.2, -0.15) is 0 Å². The summed E-state index contributed by atoms with van der Waals surface area (Å²) in [6.45, 7) is 1.59. The van der Waals surface area contributed by atoms with Gasteiger partial charge in [0, 0.05) is 28.9 Å². The summed E-state index contributed by atoms with van der Waals surface area (Å²) in [6, 6.07) is 20.8. The zero-order chi connectivity index (χ0) is 20.6. The van der Waals surface area contributed by atoms with Gasteiger partial charge in [-0.15, -0.1) is 0 Å². The molecule has 3 aromatic carbocycles. The molecule has 3 rings (SSSR count). The number of halogens is 1. The first-order valence-corrected chi connectivity index (χ1v) is 9.77. The Hall–Kier alpha value is -2.80. The summed E-state index contributed by atoms with van der Waals surface area (Å²) in [5.41, 5.74) is 1.01. The van der Waals surface area contributed by atoms with Crippen molar-refractivity contribution in [3.63, 3.8) is 0 Å². The van der Waals surface area contributed by atoms with Gasteiger partial charge in [0.25, 0.3) is 0 Å². The van der Waals surface area contributed by atoms with Crippen molar-refractivity contribution in [2.75, 3.05) is 0 Å². The lowest BCUT2D eigenvalue weighted by atomic mass is 10.2. The smallest absolute Gasteiger partial charge is 0.347 e. The first-order valence-electron chi connectivity index (χ1n) is 8.65. The van der Waals surface area contributed by atoms with Crippen molar-refractivity contribution in [1.82, 2.24) is 0 Å². The molecule has 148 valence electrons. The molecule has 0 heterocycles. The highest BCUT2D eigenvalue weighted by atomic mass is 35.5. The Morgan fingerprint density at radius 2 is 1.69 bits per heavy atom. The highest BCUT2D eigenvalue weighted by molar-refractivity contribution is 7.94. The van der Waals surface area contributed by atoms with E-state index in [2.05, 4.69) is 0 Å². The first kappa shape index (κ1) is 20.9. The van der Waals surface area contributed by atoms with Gasteiger partial charge in [-0.05, 0) is 54.1 Å². The standard InChI is InChI=1S/C22H17ClO5S/c1-15(24)27-21-8-3-2-7-20(21)22(25)28-18-6-4-5-16(13-18)14-26-29-19-11-9-17(23)10-12-19/h2-13H,14H2,1H3. The van der Waals surface area contributed by atoms with Gasteiger partial charge in [0.1, 0.15) is 17.1 Å². The van der Waals surface area contributed by atoms with Gasteiger partial charge in [-0.1, -0.05) is 35.9 Å². The van der Waals surface area contributed by atoms with Crippen molar-refractivity contribution < 1.29 is 23.2 Å². The van der Waals surface area contributed by atoms with Crippen molar-refractivity contribution in [3.05, 3.63) is 88.9 Å². The van der Waals surface area contributed by atoms with Gasteiger partial charge in [0.15, 0.2) is 0 Å². The second-order valence-electron chi connectivity index (χ2n) is 5.93. The van der Waals surface area contributed by atoms with Crippen LogP contribution in [0.3, 0.4) is 0 Å². The Balaban J connectivity index is 1.61. The molecule has 0 saturated heterocycles. The zero-order valence-electron chi connectivity index (χ0n) is 15.5. The molecule has 0 aliphatic carbocycles. The van der Waals surface area contributed by atoms with Gasteiger partial charge in [-0.25, -0.2) is 4.79 Å². The number of para-hydroxylation sites is 1. The topological polar surface area (TPSA) is 61.8 Å². The fourth-order valence-electron chi connectivity index (χ4n) is 2.40. The molecule has 0 bridgehead atoms. The third-order valence-corrected chi connectivity index (χ3v) is 4.62. The van der Waals surface area contributed by atoms with Crippen molar-refractivity contribution in [2.24, 2.45) is 0 Å². The fourth-order valence-corrected chi connectivity index (χ4v) is 3.10. The number of hydrogen-bond acceptors (Lipinski definition) is 6. The minimum Gasteiger partial charge on any atom is -0.426 e. The van der Waals surface area contributed by atoms with E-state index < -0.39 is 11.9 Å². The largest absolute Gasteiger partial charge is 0.426 e. The van der Waals surface area contributed by atoms with Crippen LogP contribution in [0.5, 0.6) is 11.5 Å². The van der Waals surface area contributed by atoms with Crippen LogP contribution in [0.25, 0.3) is 0 Å². The van der Waals surface area contributed by atoms with E-state index in [1.165, 1.54) is 31.1 Å². The number of rotatable bonds is 7. The molecule has 3 aromatic rings. The highest BCUT2D eigenvalue weighted by Gasteiger charge is 2.16. The van der Waals surface area contributed by atoms with E-state index in [-0.39, 0.29) is 11.3 Å². The fraction of sp³-hybridized carbons (Fsp3) is 0.0909. The molecule has 0 radical (unpaired) electrons. The van der Waals surface area contributed by atoms with Crippen LogP contribution >= 0.6 is 23.6 Å². The van der Waals surface area contributed by atoms with Crippen molar-refractivity contribution in [3.8, 4) is 11.5 Å². The second kappa shape index (κ2) is 10.1. The normalized spacial score (nSPS) is 10.4. The Bertz CT molecular complexity index is 1000. The summed E-state index contributed by atoms with van der Waals surface area (Å²) in [4.78, 5) is 24.6. The van der Waals surface area contributed by atoms with Gasteiger partial charge >= 0.3 is 11.9 Å². The lowest BCUT2D eigenvalue weighted by molar-refractivity contribution is -0.131. The number of carbonyl (C=O) groups excluding carboxylic acids is 2. The molecular formula is C22H17ClO5S. The maximum absolute atomic E-state index is 12.5. The van der Waals surface area contributed by atoms with E-state index in [4.69, 9.17) is 25.3 Å². The predicted octanol–water partition coefficient (Wildman–Crippen LogP) is 5.71. The minimum absolute atomic E-state index is 0.156. The van der Waals surface area contributed by atoms with Crippen molar-refractivity contribution in [1.29, 1.82) is 0 Å². The molecule has 5 nitrogen and oxygen atoms in total. The van der Waals surface area contributed by atoms with Crippen LogP contribution in [0.1, 0.15) is 22.8 Å². The zero-order valence-corrected chi connectivity index (χ0v) is 17.0. The Morgan fingerprint density at radius 1 is 0.931 bits per heavy atom. The molecule has 0 fully saturated rings. The second-order valence-corrected chi connectivity index (χ2v) is 7.24. The molecule has 29 heavy (non-hydrogen) atoms. The molecule has 0 spiro atoms. The molecule has 0 unspecified atom stereocenters. The molecule has 0 N–H and O–H groups in total. The van der Waals surface area contributed by atoms with Crippen LogP contribution in [0.15, 0.2) is 77.7 Å². The number of ether oxygens (including phenoxy) is 2.